The molecule has 0 spiro atoms. The lowest BCUT2D eigenvalue weighted by atomic mass is 9.99. The van der Waals surface area contributed by atoms with Gasteiger partial charge in [0.1, 0.15) is 0 Å². The molecule has 1 aromatic heterocycles. The van der Waals surface area contributed by atoms with Gasteiger partial charge in [0, 0.05) is 25.7 Å². The molecule has 0 aliphatic carbocycles. The Morgan fingerprint density at radius 2 is 2.35 bits per heavy atom. The largest absolute Gasteiger partial charge is 0.385 e. The summed E-state index contributed by atoms with van der Waals surface area (Å²) in [7, 11) is 1.93. The quantitative estimate of drug-likeness (QED) is 0.851. The third-order valence-electron chi connectivity index (χ3n) is 3.30. The second-order valence-corrected chi connectivity index (χ2v) is 4.55. The Labute approximate surface area is 101 Å². The predicted molar refractivity (Wildman–Crippen MR) is 67.1 cm³/mol. The zero-order valence-corrected chi connectivity index (χ0v) is 9.98. The summed E-state index contributed by atoms with van der Waals surface area (Å²) in [5, 5.41) is 11.3. The first-order valence-electron chi connectivity index (χ1n) is 6.02. The van der Waals surface area contributed by atoms with Crippen LogP contribution < -0.4 is 5.32 Å². The number of hydrogen-bond donors (Lipinski definition) is 1. The molecule has 1 aliphatic heterocycles. The Morgan fingerprint density at radius 3 is 3.18 bits per heavy atom. The van der Waals surface area contributed by atoms with Gasteiger partial charge >= 0.3 is 0 Å². The summed E-state index contributed by atoms with van der Waals surface area (Å²) in [4.78, 5) is 0. The highest BCUT2D eigenvalue weighted by atomic mass is 15.4. The number of fused-ring (bicyclic) bond motifs is 1. The normalized spacial score (nSPS) is 14.2. The Hall–Kier alpha value is -1.84. The van der Waals surface area contributed by atoms with Crippen molar-refractivity contribution in [3.8, 4) is 0 Å². The van der Waals surface area contributed by atoms with Crippen molar-refractivity contribution in [3.05, 3.63) is 41.2 Å². The van der Waals surface area contributed by atoms with E-state index in [0.29, 0.717) is 0 Å². The highest BCUT2D eigenvalue weighted by molar-refractivity contribution is 5.54. The van der Waals surface area contributed by atoms with Crippen molar-refractivity contribution in [2.24, 2.45) is 7.05 Å². The van der Waals surface area contributed by atoms with E-state index in [1.54, 1.807) is 0 Å². The van der Waals surface area contributed by atoms with Crippen LogP contribution in [0.1, 0.15) is 23.2 Å². The summed E-state index contributed by atoms with van der Waals surface area (Å²) in [6, 6.07) is 6.67. The van der Waals surface area contributed by atoms with E-state index < -0.39 is 0 Å². The fraction of sp³-hybridized carbons (Fsp3) is 0.385. The molecule has 0 atom stereocenters. The number of rotatable bonds is 2. The number of nitrogens with zero attached hydrogens (tertiary/aromatic N) is 3. The number of hydrogen-bond acceptors (Lipinski definition) is 3. The second-order valence-electron chi connectivity index (χ2n) is 4.55. The first kappa shape index (κ1) is 10.3. The maximum Gasteiger partial charge on any atom is 0.0728 e. The average Bonchev–Trinajstić information content (AvgIpc) is 2.75. The first-order chi connectivity index (χ1) is 8.33. The minimum absolute atomic E-state index is 0.900. The van der Waals surface area contributed by atoms with Crippen molar-refractivity contribution in [2.45, 2.75) is 19.3 Å². The Morgan fingerprint density at radius 1 is 1.41 bits per heavy atom. The summed E-state index contributed by atoms with van der Waals surface area (Å²) < 4.78 is 1.83. The van der Waals surface area contributed by atoms with Gasteiger partial charge in [-0.05, 0) is 30.0 Å². The van der Waals surface area contributed by atoms with Gasteiger partial charge in [-0.25, -0.2) is 0 Å². The zero-order valence-electron chi connectivity index (χ0n) is 9.98. The van der Waals surface area contributed by atoms with Crippen LogP contribution in [-0.2, 0) is 19.9 Å². The van der Waals surface area contributed by atoms with Crippen LogP contribution in [-0.4, -0.2) is 21.5 Å². The summed E-state index contributed by atoms with van der Waals surface area (Å²) in [5.74, 6) is 0. The average molecular weight is 228 g/mol. The molecule has 0 saturated carbocycles. The standard InChI is InChI=1S/C13H16N4/c1-17-12(9-15-16-17)8-10-4-5-13-11(7-10)3-2-6-14-13/h4-5,7,9,14H,2-3,6,8H2,1H3. The lowest BCUT2D eigenvalue weighted by Crippen LogP contribution is -2.12. The van der Waals surface area contributed by atoms with Crippen LogP contribution in [0.15, 0.2) is 24.4 Å². The molecule has 1 aromatic carbocycles. The first-order valence-corrected chi connectivity index (χ1v) is 6.02. The number of benzene rings is 1. The van der Waals surface area contributed by atoms with Crippen LogP contribution in [0.3, 0.4) is 0 Å². The number of aryl methyl sites for hydroxylation is 2. The molecular formula is C13H16N4. The molecule has 2 heterocycles. The van der Waals surface area contributed by atoms with E-state index in [0.717, 1.165) is 18.7 Å². The molecule has 3 rings (SSSR count). The van der Waals surface area contributed by atoms with Gasteiger partial charge in [0.2, 0.25) is 0 Å². The van der Waals surface area contributed by atoms with E-state index in [4.69, 9.17) is 0 Å². The van der Waals surface area contributed by atoms with Crippen LogP contribution in [0.5, 0.6) is 0 Å². The molecule has 0 amide bonds. The molecule has 2 aromatic rings. The molecule has 4 heteroatoms. The van der Waals surface area contributed by atoms with E-state index >= 15 is 0 Å². The van der Waals surface area contributed by atoms with Gasteiger partial charge in [-0.2, -0.15) is 0 Å². The third-order valence-corrected chi connectivity index (χ3v) is 3.30. The number of aromatic nitrogens is 3. The minimum atomic E-state index is 0.900. The van der Waals surface area contributed by atoms with Crippen molar-refractivity contribution < 1.29 is 0 Å². The fourth-order valence-corrected chi connectivity index (χ4v) is 2.32. The van der Waals surface area contributed by atoms with Crippen LogP contribution in [0, 0.1) is 0 Å². The molecule has 0 radical (unpaired) electrons. The van der Waals surface area contributed by atoms with Gasteiger partial charge in [-0.15, -0.1) is 5.10 Å². The monoisotopic (exact) mass is 228 g/mol. The molecular weight excluding hydrogens is 212 g/mol. The van der Waals surface area contributed by atoms with Gasteiger partial charge in [0.15, 0.2) is 0 Å². The van der Waals surface area contributed by atoms with Crippen molar-refractivity contribution >= 4 is 5.69 Å². The van der Waals surface area contributed by atoms with Gasteiger partial charge in [-0.3, -0.25) is 4.68 Å². The van der Waals surface area contributed by atoms with Gasteiger partial charge in [0.05, 0.1) is 11.9 Å². The molecule has 4 nitrogen and oxygen atoms in total. The summed E-state index contributed by atoms with van der Waals surface area (Å²) in [6.45, 7) is 1.10. The molecule has 0 unspecified atom stereocenters. The molecule has 1 N–H and O–H groups in total. The van der Waals surface area contributed by atoms with E-state index in [9.17, 15) is 0 Å². The van der Waals surface area contributed by atoms with Gasteiger partial charge in [0.25, 0.3) is 0 Å². The van der Waals surface area contributed by atoms with Crippen LogP contribution in [0.25, 0.3) is 0 Å². The fourth-order valence-electron chi connectivity index (χ4n) is 2.32. The molecule has 88 valence electrons. The summed E-state index contributed by atoms with van der Waals surface area (Å²) in [5.41, 5.74) is 5.21. The van der Waals surface area contributed by atoms with Crippen LogP contribution >= 0.6 is 0 Å². The topological polar surface area (TPSA) is 42.7 Å². The Balaban J connectivity index is 1.87. The van der Waals surface area contributed by atoms with E-state index in [-0.39, 0.29) is 0 Å². The van der Waals surface area contributed by atoms with Crippen molar-refractivity contribution in [3.63, 3.8) is 0 Å². The second kappa shape index (κ2) is 4.20. The number of nitrogens with one attached hydrogen (secondary N) is 1. The van der Waals surface area contributed by atoms with Gasteiger partial charge < -0.3 is 5.32 Å². The Kier molecular flexibility index (Phi) is 2.55. The van der Waals surface area contributed by atoms with Crippen molar-refractivity contribution in [1.29, 1.82) is 0 Å². The van der Waals surface area contributed by atoms with E-state index in [2.05, 4.69) is 33.8 Å². The van der Waals surface area contributed by atoms with Crippen LogP contribution in [0.2, 0.25) is 0 Å². The Bertz CT molecular complexity index is 530. The SMILES string of the molecule is Cn1nncc1Cc1ccc2c(c1)CCCN2. The molecule has 1 aliphatic rings. The summed E-state index contributed by atoms with van der Waals surface area (Å²) in [6.07, 6.45) is 5.14. The third kappa shape index (κ3) is 2.02. The van der Waals surface area contributed by atoms with E-state index in [1.165, 1.54) is 29.7 Å². The maximum absolute atomic E-state index is 3.95. The number of anilines is 1. The van der Waals surface area contributed by atoms with E-state index in [1.807, 2.05) is 17.9 Å². The minimum Gasteiger partial charge on any atom is -0.385 e. The highest BCUT2D eigenvalue weighted by Crippen LogP contribution is 2.23. The predicted octanol–water partition coefficient (Wildman–Crippen LogP) is 1.76. The molecule has 0 fully saturated rings. The summed E-state index contributed by atoms with van der Waals surface area (Å²) >= 11 is 0. The molecule has 0 saturated heterocycles. The van der Waals surface area contributed by atoms with Crippen LogP contribution in [0.4, 0.5) is 5.69 Å². The highest BCUT2D eigenvalue weighted by Gasteiger charge is 2.09. The lowest BCUT2D eigenvalue weighted by Gasteiger charge is -2.18. The molecule has 17 heavy (non-hydrogen) atoms. The molecule has 0 bridgehead atoms. The van der Waals surface area contributed by atoms with Gasteiger partial charge in [-0.1, -0.05) is 17.3 Å². The smallest absolute Gasteiger partial charge is 0.0728 e. The van der Waals surface area contributed by atoms with Crippen molar-refractivity contribution in [2.75, 3.05) is 11.9 Å². The van der Waals surface area contributed by atoms with Crippen molar-refractivity contribution in [1.82, 2.24) is 15.0 Å². The zero-order chi connectivity index (χ0) is 11.7. The lowest BCUT2D eigenvalue weighted by molar-refractivity contribution is 0.686. The maximum atomic E-state index is 3.95.